The molecule has 5 N–H and O–H groups in total. The summed E-state index contributed by atoms with van der Waals surface area (Å²) in [4.78, 5) is 8.09. The van der Waals surface area contributed by atoms with Crippen LogP contribution in [0.15, 0.2) is 12.5 Å². The Balaban J connectivity index is 2.10. The van der Waals surface area contributed by atoms with Gasteiger partial charge in [0.25, 0.3) is 0 Å². The molecule has 20 heavy (non-hydrogen) atoms. The maximum absolute atomic E-state index is 10.1. The van der Waals surface area contributed by atoms with E-state index in [4.69, 9.17) is 15.6 Å². The van der Waals surface area contributed by atoms with Gasteiger partial charge >= 0.3 is 0 Å². The molecule has 108 valence electrons. The number of nitrogen functional groups attached to an aromatic ring is 1. The van der Waals surface area contributed by atoms with Crippen LogP contribution in [0.2, 0.25) is 0 Å². The molecule has 2 aromatic rings. The largest absolute Gasteiger partial charge is 0.394 e. The molecule has 1 fully saturated rings. The molecule has 1 aliphatic rings. The average molecular weight is 280 g/mol. The lowest BCUT2D eigenvalue weighted by Crippen LogP contribution is -2.33. The molecule has 8 heteroatoms. The Hall–Kier alpha value is -1.74. The number of hydrogen-bond donors (Lipinski definition) is 4. The predicted molar refractivity (Wildman–Crippen MR) is 69.7 cm³/mol. The van der Waals surface area contributed by atoms with Gasteiger partial charge in [-0.2, -0.15) is 0 Å². The summed E-state index contributed by atoms with van der Waals surface area (Å²) >= 11 is 0. The quantitative estimate of drug-likeness (QED) is 0.552. The first-order chi connectivity index (χ1) is 9.54. The second kappa shape index (κ2) is 4.67. The first kappa shape index (κ1) is 13.3. The monoisotopic (exact) mass is 280 g/mol. The van der Waals surface area contributed by atoms with E-state index in [1.807, 2.05) is 6.92 Å². The third-order valence-electron chi connectivity index (χ3n) is 3.62. The van der Waals surface area contributed by atoms with Gasteiger partial charge in [0.05, 0.1) is 12.0 Å². The van der Waals surface area contributed by atoms with Gasteiger partial charge in [0.2, 0.25) is 0 Å². The molecule has 1 saturated heterocycles. The zero-order valence-electron chi connectivity index (χ0n) is 10.8. The van der Waals surface area contributed by atoms with E-state index in [1.54, 1.807) is 10.8 Å². The Morgan fingerprint density at radius 2 is 2.10 bits per heavy atom. The molecular formula is C12H16N4O4. The number of aromatic nitrogens is 3. The molecule has 0 aromatic carbocycles. The Morgan fingerprint density at radius 1 is 1.35 bits per heavy atom. The molecule has 8 nitrogen and oxygen atoms in total. The van der Waals surface area contributed by atoms with Crippen molar-refractivity contribution < 1.29 is 20.1 Å². The Morgan fingerprint density at radius 3 is 2.75 bits per heavy atom. The summed E-state index contributed by atoms with van der Waals surface area (Å²) < 4.78 is 7.10. The van der Waals surface area contributed by atoms with Crippen LogP contribution in [0, 0.1) is 6.92 Å². The highest BCUT2D eigenvalue weighted by atomic mass is 16.6. The highest BCUT2D eigenvalue weighted by Gasteiger charge is 2.43. The number of anilines is 1. The van der Waals surface area contributed by atoms with E-state index in [0.717, 1.165) is 5.56 Å². The minimum atomic E-state index is -1.15. The van der Waals surface area contributed by atoms with E-state index in [2.05, 4.69) is 9.97 Å². The van der Waals surface area contributed by atoms with Crippen molar-refractivity contribution in [3.05, 3.63) is 18.1 Å². The topological polar surface area (TPSA) is 127 Å². The van der Waals surface area contributed by atoms with Crippen LogP contribution in [-0.2, 0) is 4.74 Å². The fraction of sp³-hybridized carbons (Fsp3) is 0.500. The standard InChI is InChI=1S/C12H16N4O4/c1-5-2-16(11-7(5)10(13)14-4-15-11)12-9(19)8(18)6(3-17)20-12/h2,4,6,8-9,12,17-19H,3H2,1H3,(H2,13,14,15)/t6-,8+,9-,12+/m1/s1. The molecule has 0 aliphatic carbocycles. The summed E-state index contributed by atoms with van der Waals surface area (Å²) in [5.74, 6) is 0.345. The number of rotatable bonds is 2. The van der Waals surface area contributed by atoms with Crippen molar-refractivity contribution in [1.29, 1.82) is 0 Å². The van der Waals surface area contributed by atoms with E-state index in [9.17, 15) is 10.2 Å². The van der Waals surface area contributed by atoms with Gasteiger partial charge in [-0.3, -0.25) is 0 Å². The van der Waals surface area contributed by atoms with Crippen LogP contribution < -0.4 is 5.73 Å². The van der Waals surface area contributed by atoms with Gasteiger partial charge in [-0.1, -0.05) is 0 Å². The zero-order valence-corrected chi connectivity index (χ0v) is 10.8. The highest BCUT2D eigenvalue weighted by Crippen LogP contribution is 2.34. The maximum Gasteiger partial charge on any atom is 0.164 e. The number of aryl methyl sites for hydroxylation is 1. The molecule has 3 heterocycles. The molecule has 0 saturated carbocycles. The van der Waals surface area contributed by atoms with Gasteiger partial charge in [0.15, 0.2) is 6.23 Å². The fourth-order valence-electron chi connectivity index (χ4n) is 2.60. The first-order valence-electron chi connectivity index (χ1n) is 6.24. The number of aliphatic hydroxyl groups is 3. The van der Waals surface area contributed by atoms with Crippen LogP contribution >= 0.6 is 0 Å². The second-order valence-electron chi connectivity index (χ2n) is 4.91. The normalized spacial score (nSPS) is 30.2. The van der Waals surface area contributed by atoms with Crippen LogP contribution in [-0.4, -0.2) is 54.8 Å². The lowest BCUT2D eigenvalue weighted by molar-refractivity contribution is -0.0509. The highest BCUT2D eigenvalue weighted by molar-refractivity contribution is 5.89. The smallest absolute Gasteiger partial charge is 0.164 e. The second-order valence-corrected chi connectivity index (χ2v) is 4.91. The summed E-state index contributed by atoms with van der Waals surface area (Å²) in [5, 5.41) is 29.7. The number of nitrogens with two attached hydrogens (primary N) is 1. The molecule has 0 spiro atoms. The lowest BCUT2D eigenvalue weighted by atomic mass is 10.1. The van der Waals surface area contributed by atoms with Crippen molar-refractivity contribution in [2.75, 3.05) is 12.3 Å². The van der Waals surface area contributed by atoms with E-state index in [-0.39, 0.29) is 6.61 Å². The van der Waals surface area contributed by atoms with Crippen molar-refractivity contribution in [3.8, 4) is 0 Å². The van der Waals surface area contributed by atoms with E-state index >= 15 is 0 Å². The van der Waals surface area contributed by atoms with Crippen LogP contribution in [0.3, 0.4) is 0 Å². The third-order valence-corrected chi connectivity index (χ3v) is 3.62. The van der Waals surface area contributed by atoms with E-state index < -0.39 is 24.5 Å². The zero-order chi connectivity index (χ0) is 14.4. The van der Waals surface area contributed by atoms with Gasteiger partial charge in [-0.25, -0.2) is 9.97 Å². The van der Waals surface area contributed by atoms with Crippen molar-refractivity contribution in [2.24, 2.45) is 0 Å². The molecule has 0 bridgehead atoms. The number of fused-ring (bicyclic) bond motifs is 1. The summed E-state index contributed by atoms with van der Waals surface area (Å²) in [7, 11) is 0. The number of ether oxygens (including phenoxy) is 1. The van der Waals surface area contributed by atoms with Gasteiger partial charge in [-0.05, 0) is 12.5 Å². The Labute approximate surface area is 114 Å². The van der Waals surface area contributed by atoms with Crippen LogP contribution in [0.25, 0.3) is 11.0 Å². The third kappa shape index (κ3) is 1.77. The van der Waals surface area contributed by atoms with E-state index in [1.165, 1.54) is 6.33 Å². The molecule has 0 radical (unpaired) electrons. The molecule has 0 amide bonds. The Kier molecular flexibility index (Phi) is 3.09. The minimum absolute atomic E-state index is 0.345. The minimum Gasteiger partial charge on any atom is -0.394 e. The Bertz CT molecular complexity index is 644. The SMILES string of the molecule is Cc1cn([C@H]2O[C@H](CO)[C@H](O)[C@H]2O)c2ncnc(N)c12. The first-order valence-corrected chi connectivity index (χ1v) is 6.24. The summed E-state index contributed by atoms with van der Waals surface area (Å²) in [6.07, 6.45) is -0.898. The summed E-state index contributed by atoms with van der Waals surface area (Å²) in [6, 6.07) is 0. The van der Waals surface area contributed by atoms with Crippen LogP contribution in [0.4, 0.5) is 5.82 Å². The maximum atomic E-state index is 10.1. The molecule has 2 aromatic heterocycles. The molecule has 0 unspecified atom stereocenters. The fourth-order valence-corrected chi connectivity index (χ4v) is 2.60. The molecule has 3 rings (SSSR count). The molecule has 1 aliphatic heterocycles. The number of nitrogens with zero attached hydrogens (tertiary/aromatic N) is 3. The van der Waals surface area contributed by atoms with Crippen molar-refractivity contribution in [1.82, 2.24) is 14.5 Å². The molecule has 4 atom stereocenters. The van der Waals surface area contributed by atoms with Crippen LogP contribution in [0.1, 0.15) is 11.8 Å². The van der Waals surface area contributed by atoms with Gasteiger partial charge in [-0.15, -0.1) is 0 Å². The average Bonchev–Trinajstić information content (AvgIpc) is 2.90. The van der Waals surface area contributed by atoms with E-state index in [0.29, 0.717) is 16.9 Å². The van der Waals surface area contributed by atoms with Gasteiger partial charge in [0, 0.05) is 6.20 Å². The molecular weight excluding hydrogens is 264 g/mol. The lowest BCUT2D eigenvalue weighted by Gasteiger charge is -2.17. The van der Waals surface area contributed by atoms with Crippen molar-refractivity contribution in [2.45, 2.75) is 31.5 Å². The number of hydrogen-bond acceptors (Lipinski definition) is 7. The summed E-state index contributed by atoms with van der Waals surface area (Å²) in [5.41, 5.74) is 7.19. The summed E-state index contributed by atoms with van der Waals surface area (Å²) in [6.45, 7) is 1.48. The van der Waals surface area contributed by atoms with Crippen molar-refractivity contribution >= 4 is 16.9 Å². The van der Waals surface area contributed by atoms with Crippen LogP contribution in [0.5, 0.6) is 0 Å². The van der Waals surface area contributed by atoms with Gasteiger partial charge < -0.3 is 30.4 Å². The number of aliphatic hydroxyl groups excluding tert-OH is 3. The predicted octanol–water partition coefficient (Wildman–Crippen LogP) is -1.07. The van der Waals surface area contributed by atoms with Crippen molar-refractivity contribution in [3.63, 3.8) is 0 Å². The van der Waals surface area contributed by atoms with Gasteiger partial charge in [0.1, 0.15) is 36.1 Å².